The van der Waals surface area contributed by atoms with Gasteiger partial charge in [-0.05, 0) is 32.4 Å². The Kier molecular flexibility index (Phi) is 5.63. The van der Waals surface area contributed by atoms with Gasteiger partial charge in [-0.15, -0.1) is 0 Å². The third kappa shape index (κ3) is 4.23. The molecule has 2 aromatic rings. The van der Waals surface area contributed by atoms with Crippen molar-refractivity contribution in [2.24, 2.45) is 0 Å². The maximum absolute atomic E-state index is 5.56. The van der Waals surface area contributed by atoms with Crippen molar-refractivity contribution >= 4 is 5.95 Å². The van der Waals surface area contributed by atoms with Gasteiger partial charge < -0.3 is 14.8 Å². The molecule has 1 N–H and O–H groups in total. The molecule has 0 saturated carbocycles. The van der Waals surface area contributed by atoms with E-state index in [9.17, 15) is 0 Å². The van der Waals surface area contributed by atoms with Gasteiger partial charge >= 0.3 is 0 Å². The Morgan fingerprint density at radius 2 is 2.19 bits per heavy atom. The number of hydrogen-bond donors (Lipinski definition) is 1. The molecule has 1 aromatic heterocycles. The third-order valence-corrected chi connectivity index (χ3v) is 3.04. The first-order chi connectivity index (χ1) is 10.2. The Bertz CT molecular complexity index is 566. The first-order valence-corrected chi connectivity index (χ1v) is 7.26. The van der Waals surface area contributed by atoms with Gasteiger partial charge in [0.2, 0.25) is 5.95 Å². The van der Waals surface area contributed by atoms with Crippen LogP contribution in [0.2, 0.25) is 0 Å². The van der Waals surface area contributed by atoms with Gasteiger partial charge in [0.15, 0.2) is 0 Å². The summed E-state index contributed by atoms with van der Waals surface area (Å²) in [4.78, 5) is 4.53. The molecule has 0 aliphatic heterocycles. The van der Waals surface area contributed by atoms with E-state index in [2.05, 4.69) is 10.3 Å². The number of aromatic nitrogens is 2. The molecule has 0 aliphatic rings. The number of ether oxygens (including phenoxy) is 2. The van der Waals surface area contributed by atoms with Crippen LogP contribution in [0.3, 0.4) is 0 Å². The summed E-state index contributed by atoms with van der Waals surface area (Å²) in [6, 6.07) is 8.02. The SMILES string of the molecule is CCOc1cccc(-n2cc(C)nc2NCCCOC)c1. The van der Waals surface area contributed by atoms with Crippen molar-refractivity contribution in [1.82, 2.24) is 9.55 Å². The van der Waals surface area contributed by atoms with E-state index >= 15 is 0 Å². The summed E-state index contributed by atoms with van der Waals surface area (Å²) >= 11 is 0. The van der Waals surface area contributed by atoms with Crippen LogP contribution in [-0.2, 0) is 4.74 Å². The van der Waals surface area contributed by atoms with Crippen molar-refractivity contribution < 1.29 is 9.47 Å². The van der Waals surface area contributed by atoms with E-state index in [1.165, 1.54) is 0 Å². The van der Waals surface area contributed by atoms with E-state index in [4.69, 9.17) is 9.47 Å². The standard InChI is InChI=1S/C16H23N3O2/c1-4-21-15-8-5-7-14(11-15)19-12-13(2)18-16(19)17-9-6-10-20-3/h5,7-8,11-12H,4,6,9-10H2,1-3H3,(H,17,18). The fraction of sp³-hybridized carbons (Fsp3) is 0.438. The molecule has 21 heavy (non-hydrogen) atoms. The van der Waals surface area contributed by atoms with Crippen LogP contribution in [0.4, 0.5) is 5.95 Å². The highest BCUT2D eigenvalue weighted by atomic mass is 16.5. The number of methoxy groups -OCH3 is 1. The summed E-state index contributed by atoms with van der Waals surface area (Å²) in [6.45, 7) is 6.20. The normalized spacial score (nSPS) is 10.6. The number of anilines is 1. The van der Waals surface area contributed by atoms with Crippen LogP contribution in [0.15, 0.2) is 30.5 Å². The van der Waals surface area contributed by atoms with Crippen LogP contribution in [-0.4, -0.2) is 36.4 Å². The van der Waals surface area contributed by atoms with Gasteiger partial charge in [-0.2, -0.15) is 0 Å². The molecule has 0 bridgehead atoms. The predicted octanol–water partition coefficient (Wildman–Crippen LogP) is 3.03. The Morgan fingerprint density at radius 3 is 2.95 bits per heavy atom. The van der Waals surface area contributed by atoms with Crippen LogP contribution < -0.4 is 10.1 Å². The van der Waals surface area contributed by atoms with Gasteiger partial charge in [0.25, 0.3) is 0 Å². The second-order valence-corrected chi connectivity index (χ2v) is 4.78. The zero-order valence-electron chi connectivity index (χ0n) is 12.9. The van der Waals surface area contributed by atoms with Gasteiger partial charge in [-0.1, -0.05) is 6.07 Å². The number of aryl methyl sites for hydroxylation is 1. The summed E-state index contributed by atoms with van der Waals surface area (Å²) in [6.07, 6.45) is 2.96. The summed E-state index contributed by atoms with van der Waals surface area (Å²) in [5.74, 6) is 1.71. The van der Waals surface area contributed by atoms with Crippen LogP contribution >= 0.6 is 0 Å². The minimum Gasteiger partial charge on any atom is -0.494 e. The first-order valence-electron chi connectivity index (χ1n) is 7.26. The molecule has 1 heterocycles. The number of hydrogen-bond acceptors (Lipinski definition) is 4. The molecule has 5 heteroatoms. The lowest BCUT2D eigenvalue weighted by Gasteiger charge is -2.11. The highest BCUT2D eigenvalue weighted by Crippen LogP contribution is 2.21. The Labute approximate surface area is 125 Å². The molecule has 0 radical (unpaired) electrons. The number of benzene rings is 1. The molecule has 114 valence electrons. The molecule has 5 nitrogen and oxygen atoms in total. The van der Waals surface area contributed by atoms with Crippen molar-refractivity contribution in [1.29, 1.82) is 0 Å². The molecule has 0 unspecified atom stereocenters. The Hall–Kier alpha value is -2.01. The molecule has 0 saturated heterocycles. The van der Waals surface area contributed by atoms with Crippen LogP contribution in [0, 0.1) is 6.92 Å². The lowest BCUT2D eigenvalue weighted by molar-refractivity contribution is 0.197. The summed E-state index contributed by atoms with van der Waals surface area (Å²) in [5.41, 5.74) is 2.02. The molecule has 0 atom stereocenters. The predicted molar refractivity (Wildman–Crippen MR) is 84.5 cm³/mol. The van der Waals surface area contributed by atoms with Crippen molar-refractivity contribution in [3.8, 4) is 11.4 Å². The van der Waals surface area contributed by atoms with E-state index in [0.29, 0.717) is 6.61 Å². The van der Waals surface area contributed by atoms with Crippen molar-refractivity contribution in [2.45, 2.75) is 20.3 Å². The fourth-order valence-corrected chi connectivity index (χ4v) is 2.13. The quantitative estimate of drug-likeness (QED) is 0.759. The third-order valence-electron chi connectivity index (χ3n) is 3.04. The Morgan fingerprint density at radius 1 is 1.33 bits per heavy atom. The average Bonchev–Trinajstić information content (AvgIpc) is 2.85. The minimum absolute atomic E-state index is 0.661. The molecule has 2 rings (SSSR count). The number of imidazole rings is 1. The number of rotatable bonds is 8. The highest BCUT2D eigenvalue weighted by Gasteiger charge is 2.08. The lowest BCUT2D eigenvalue weighted by Crippen LogP contribution is -2.09. The Balaban J connectivity index is 2.16. The van der Waals surface area contributed by atoms with Gasteiger partial charge in [-0.3, -0.25) is 4.57 Å². The van der Waals surface area contributed by atoms with Gasteiger partial charge in [-0.25, -0.2) is 4.98 Å². The highest BCUT2D eigenvalue weighted by molar-refractivity contribution is 5.46. The fourth-order valence-electron chi connectivity index (χ4n) is 2.13. The summed E-state index contributed by atoms with van der Waals surface area (Å²) in [7, 11) is 1.71. The maximum atomic E-state index is 5.56. The first kappa shape index (κ1) is 15.4. The second kappa shape index (κ2) is 7.69. The van der Waals surface area contributed by atoms with Gasteiger partial charge in [0, 0.05) is 32.5 Å². The molecular weight excluding hydrogens is 266 g/mol. The van der Waals surface area contributed by atoms with E-state index in [0.717, 1.165) is 42.7 Å². The van der Waals surface area contributed by atoms with Crippen molar-refractivity contribution in [3.05, 3.63) is 36.2 Å². The topological polar surface area (TPSA) is 48.3 Å². The molecule has 0 fully saturated rings. The largest absolute Gasteiger partial charge is 0.494 e. The molecule has 0 spiro atoms. The van der Waals surface area contributed by atoms with Gasteiger partial charge in [0.05, 0.1) is 18.0 Å². The van der Waals surface area contributed by atoms with Crippen molar-refractivity contribution in [2.75, 3.05) is 32.2 Å². The van der Waals surface area contributed by atoms with E-state index < -0.39 is 0 Å². The second-order valence-electron chi connectivity index (χ2n) is 4.78. The zero-order valence-corrected chi connectivity index (χ0v) is 12.9. The molecule has 0 amide bonds. The lowest BCUT2D eigenvalue weighted by atomic mass is 10.3. The van der Waals surface area contributed by atoms with E-state index in [1.54, 1.807) is 7.11 Å². The molecule has 1 aromatic carbocycles. The average molecular weight is 289 g/mol. The molecule has 0 aliphatic carbocycles. The van der Waals surface area contributed by atoms with Crippen LogP contribution in [0.5, 0.6) is 5.75 Å². The molecular formula is C16H23N3O2. The van der Waals surface area contributed by atoms with E-state index in [1.807, 2.05) is 48.9 Å². The van der Waals surface area contributed by atoms with Crippen LogP contribution in [0.25, 0.3) is 5.69 Å². The summed E-state index contributed by atoms with van der Waals surface area (Å²) < 4.78 is 12.7. The number of nitrogens with one attached hydrogen (secondary N) is 1. The number of nitrogens with zero attached hydrogens (tertiary/aromatic N) is 2. The summed E-state index contributed by atoms with van der Waals surface area (Å²) in [5, 5.41) is 3.35. The minimum atomic E-state index is 0.661. The smallest absolute Gasteiger partial charge is 0.207 e. The van der Waals surface area contributed by atoms with Crippen LogP contribution in [0.1, 0.15) is 19.0 Å². The van der Waals surface area contributed by atoms with Crippen molar-refractivity contribution in [3.63, 3.8) is 0 Å². The monoisotopic (exact) mass is 289 g/mol. The van der Waals surface area contributed by atoms with Gasteiger partial charge in [0.1, 0.15) is 5.75 Å². The maximum Gasteiger partial charge on any atom is 0.207 e. The zero-order chi connectivity index (χ0) is 15.1. The van der Waals surface area contributed by atoms with E-state index in [-0.39, 0.29) is 0 Å².